The summed E-state index contributed by atoms with van der Waals surface area (Å²) in [4.78, 5) is 39.9. The molecule has 13 heteroatoms. The number of benzene rings is 3. The van der Waals surface area contributed by atoms with Crippen LogP contribution in [-0.2, 0) is 20.6 Å². The molecule has 0 spiro atoms. The highest BCUT2D eigenvalue weighted by molar-refractivity contribution is 6.30. The number of anilines is 1. The Hall–Kier alpha value is -4.04. The second-order valence-electron chi connectivity index (χ2n) is 11.9. The van der Waals surface area contributed by atoms with Gasteiger partial charge in [-0.1, -0.05) is 42.5 Å². The number of amides is 1. The second kappa shape index (κ2) is 12.6. The summed E-state index contributed by atoms with van der Waals surface area (Å²) in [5.41, 5.74) is 4.02. The molecule has 12 nitrogen and oxygen atoms in total. The van der Waals surface area contributed by atoms with Crippen molar-refractivity contribution in [2.75, 3.05) is 5.32 Å². The minimum atomic E-state index is -1.88. The molecule has 1 aliphatic heterocycles. The van der Waals surface area contributed by atoms with Gasteiger partial charge in [0.05, 0.1) is 29.4 Å². The van der Waals surface area contributed by atoms with Crippen LogP contribution in [0, 0.1) is 0 Å². The molecular formula is C33H35ClN2O10. The molecule has 2 aliphatic carbocycles. The van der Waals surface area contributed by atoms with Crippen molar-refractivity contribution in [1.82, 2.24) is 0 Å². The van der Waals surface area contributed by atoms with Crippen molar-refractivity contribution < 1.29 is 49.0 Å². The van der Waals surface area contributed by atoms with Gasteiger partial charge in [-0.2, -0.15) is 0 Å². The lowest BCUT2D eigenvalue weighted by Gasteiger charge is -2.44. The zero-order valence-corrected chi connectivity index (χ0v) is 25.8. The fraction of sp³-hybridized carbons (Fsp3) is 0.364. The topological polar surface area (TPSA) is 198 Å². The number of nitrogens with one attached hydrogen (secondary N) is 1. The van der Waals surface area contributed by atoms with Crippen LogP contribution >= 0.6 is 12.4 Å². The summed E-state index contributed by atoms with van der Waals surface area (Å²) in [7, 11) is 0. The van der Waals surface area contributed by atoms with Crippen LogP contribution in [0.4, 0.5) is 10.5 Å². The minimum Gasteiger partial charge on any atom is -0.507 e. The van der Waals surface area contributed by atoms with Gasteiger partial charge in [0, 0.05) is 53.2 Å². The third-order valence-corrected chi connectivity index (χ3v) is 8.93. The Bertz CT molecular complexity index is 1670. The van der Waals surface area contributed by atoms with E-state index < -0.39 is 71.5 Å². The number of fused-ring (bicyclic) bond motifs is 3. The third-order valence-electron chi connectivity index (χ3n) is 8.93. The van der Waals surface area contributed by atoms with Crippen LogP contribution in [0.15, 0.2) is 54.6 Å². The van der Waals surface area contributed by atoms with E-state index in [-0.39, 0.29) is 65.1 Å². The van der Waals surface area contributed by atoms with Gasteiger partial charge >= 0.3 is 6.09 Å². The van der Waals surface area contributed by atoms with Crippen LogP contribution in [0.3, 0.4) is 0 Å². The molecule has 1 saturated heterocycles. The van der Waals surface area contributed by atoms with E-state index in [2.05, 4.69) is 5.32 Å². The third kappa shape index (κ3) is 5.72. The molecule has 6 rings (SSSR count). The van der Waals surface area contributed by atoms with Crippen molar-refractivity contribution >= 4 is 35.8 Å². The molecule has 0 bridgehead atoms. The molecule has 7 atom stereocenters. The number of rotatable bonds is 5. The normalized spacial score (nSPS) is 27.4. The van der Waals surface area contributed by atoms with Gasteiger partial charge < -0.3 is 40.4 Å². The van der Waals surface area contributed by atoms with Crippen LogP contribution in [0.5, 0.6) is 11.5 Å². The van der Waals surface area contributed by atoms with Crippen molar-refractivity contribution in [1.29, 1.82) is 0 Å². The standard InChI is InChI=1S/C33H34N2O10.ClH/c1-15-27(36)21(34)12-23(43-15)45-22-14-33(42,16(2)44-32(41)35-17-8-4-3-5-9-17)13-20-24(22)31(40)26-25(30(20)39)28(37)18-10-6-7-11-19(18)29(26)38;/h3-11,15-16,21-23,27,36,39-40,42H,12-14,34H2,1-2H3,(H,35,41);1H/t15?,16-,21?,22+,23?,27?,33+;/m1./s1. The SMILES string of the molecule is CC1OC(O[C@H]2C[C@](O)([C@@H](C)OC(=O)Nc3ccccc3)Cc3c(O)c4c(c(O)c32)C(=O)c2ccccc2C4=O)CC(N)C1O.Cl. The minimum absolute atomic E-state index is 0. The van der Waals surface area contributed by atoms with Crippen LogP contribution in [-0.4, -0.2) is 74.3 Å². The van der Waals surface area contributed by atoms with Crippen LogP contribution in [0.25, 0.3) is 0 Å². The maximum atomic E-state index is 13.6. The van der Waals surface area contributed by atoms with Gasteiger partial charge in [-0.3, -0.25) is 14.9 Å². The number of nitrogens with two attached hydrogens (primary N) is 1. The number of carbonyl (C=O) groups is 3. The largest absolute Gasteiger partial charge is 0.507 e. The Balaban J connectivity index is 0.00000417. The Labute approximate surface area is 270 Å². The monoisotopic (exact) mass is 654 g/mol. The number of aliphatic hydroxyl groups excluding tert-OH is 1. The number of carbonyl (C=O) groups excluding carboxylic acids is 3. The van der Waals surface area contributed by atoms with Gasteiger partial charge in [0.25, 0.3) is 0 Å². The first kappa shape index (κ1) is 33.3. The van der Waals surface area contributed by atoms with Crippen LogP contribution in [0.1, 0.15) is 75.8 Å². The zero-order chi connectivity index (χ0) is 32.2. The van der Waals surface area contributed by atoms with Crippen molar-refractivity contribution in [3.8, 4) is 11.5 Å². The molecule has 1 heterocycles. The molecule has 244 valence electrons. The van der Waals surface area contributed by atoms with Gasteiger partial charge in [-0.15, -0.1) is 12.4 Å². The molecule has 0 saturated carbocycles. The maximum absolute atomic E-state index is 13.6. The second-order valence-corrected chi connectivity index (χ2v) is 11.9. The molecule has 1 amide bonds. The first-order valence-electron chi connectivity index (χ1n) is 14.7. The lowest BCUT2D eigenvalue weighted by Crippen LogP contribution is -2.53. The predicted octanol–water partition coefficient (Wildman–Crippen LogP) is 3.49. The lowest BCUT2D eigenvalue weighted by atomic mass is 9.71. The van der Waals surface area contributed by atoms with E-state index in [4.69, 9.17) is 19.9 Å². The lowest BCUT2D eigenvalue weighted by molar-refractivity contribution is -0.250. The van der Waals surface area contributed by atoms with E-state index in [1.807, 2.05) is 0 Å². The number of ketones is 2. The first-order chi connectivity index (χ1) is 21.4. The molecule has 0 radical (unpaired) electrons. The summed E-state index contributed by atoms with van der Waals surface area (Å²) in [6.45, 7) is 3.09. The fourth-order valence-electron chi connectivity index (χ4n) is 6.43. The highest BCUT2D eigenvalue weighted by Gasteiger charge is 2.50. The average Bonchev–Trinajstić information content (AvgIpc) is 3.00. The van der Waals surface area contributed by atoms with Crippen molar-refractivity contribution in [3.63, 3.8) is 0 Å². The van der Waals surface area contributed by atoms with E-state index in [0.717, 1.165) is 0 Å². The maximum Gasteiger partial charge on any atom is 0.411 e. The van der Waals surface area contributed by atoms with E-state index >= 15 is 0 Å². The number of halogens is 1. The number of para-hydroxylation sites is 1. The number of aliphatic hydroxyl groups is 2. The summed E-state index contributed by atoms with van der Waals surface area (Å²) in [6, 6.07) is 13.9. The number of hydrogen-bond donors (Lipinski definition) is 6. The van der Waals surface area contributed by atoms with Crippen molar-refractivity contribution in [2.45, 2.75) is 75.5 Å². The smallest absolute Gasteiger partial charge is 0.411 e. The summed E-state index contributed by atoms with van der Waals surface area (Å²) in [5.74, 6) is -2.49. The van der Waals surface area contributed by atoms with Gasteiger partial charge in [-0.05, 0) is 26.0 Å². The van der Waals surface area contributed by atoms with Crippen LogP contribution < -0.4 is 11.1 Å². The fourth-order valence-corrected chi connectivity index (χ4v) is 6.43. The Morgan fingerprint density at radius 3 is 2.22 bits per heavy atom. The van der Waals surface area contributed by atoms with Gasteiger partial charge in [0.15, 0.2) is 17.9 Å². The summed E-state index contributed by atoms with van der Waals surface area (Å²) in [6.07, 6.45) is -6.49. The Kier molecular flexibility index (Phi) is 9.15. The number of hydrogen-bond acceptors (Lipinski definition) is 11. The molecule has 4 unspecified atom stereocenters. The summed E-state index contributed by atoms with van der Waals surface area (Å²) in [5, 5.41) is 48.1. The number of aromatic hydroxyl groups is 2. The molecule has 3 aromatic rings. The molecule has 0 aromatic heterocycles. The summed E-state index contributed by atoms with van der Waals surface area (Å²) < 4.78 is 17.6. The molecule has 46 heavy (non-hydrogen) atoms. The van der Waals surface area contributed by atoms with Crippen molar-refractivity contribution in [3.05, 3.63) is 88.0 Å². The Morgan fingerprint density at radius 2 is 1.61 bits per heavy atom. The van der Waals surface area contributed by atoms with E-state index in [1.54, 1.807) is 49.4 Å². The molecule has 1 fully saturated rings. The molecule has 3 aliphatic rings. The number of ether oxygens (including phenoxy) is 3. The first-order valence-corrected chi connectivity index (χ1v) is 14.7. The number of phenolic OH excluding ortho intramolecular Hbond substituents is 2. The van der Waals surface area contributed by atoms with Gasteiger partial charge in [-0.25, -0.2) is 4.79 Å². The zero-order valence-electron chi connectivity index (χ0n) is 25.0. The summed E-state index contributed by atoms with van der Waals surface area (Å²) >= 11 is 0. The Morgan fingerprint density at radius 1 is 1.02 bits per heavy atom. The average molecular weight is 655 g/mol. The number of phenols is 2. The highest BCUT2D eigenvalue weighted by atomic mass is 35.5. The van der Waals surface area contributed by atoms with Gasteiger partial charge in [0.1, 0.15) is 23.2 Å². The van der Waals surface area contributed by atoms with Crippen molar-refractivity contribution in [2.24, 2.45) is 5.73 Å². The highest BCUT2D eigenvalue weighted by Crippen LogP contribution is 2.52. The van der Waals surface area contributed by atoms with Crippen LogP contribution in [0.2, 0.25) is 0 Å². The van der Waals surface area contributed by atoms with E-state index in [0.29, 0.717) is 5.69 Å². The molecule has 7 N–H and O–H groups in total. The quantitative estimate of drug-likeness (QED) is 0.172. The molecular weight excluding hydrogens is 620 g/mol. The molecule has 3 aromatic carbocycles. The predicted molar refractivity (Wildman–Crippen MR) is 166 cm³/mol. The van der Waals surface area contributed by atoms with E-state index in [1.165, 1.54) is 19.1 Å². The van der Waals surface area contributed by atoms with Gasteiger partial charge in [0.2, 0.25) is 0 Å². The van der Waals surface area contributed by atoms with E-state index in [9.17, 15) is 34.8 Å².